The summed E-state index contributed by atoms with van der Waals surface area (Å²) in [6, 6.07) is 3.75. The van der Waals surface area contributed by atoms with Crippen LogP contribution in [-0.2, 0) is 16.6 Å². The summed E-state index contributed by atoms with van der Waals surface area (Å²) in [5.41, 5.74) is 0. The maximum Gasteiger partial charge on any atom is 0.211 e. The Morgan fingerprint density at radius 2 is 2.14 bits per heavy atom. The predicted molar refractivity (Wildman–Crippen MR) is 86.1 cm³/mol. The summed E-state index contributed by atoms with van der Waals surface area (Å²) in [6.45, 7) is 2.57. The van der Waals surface area contributed by atoms with E-state index in [0.29, 0.717) is 25.6 Å². The third kappa shape index (κ3) is 5.03. The summed E-state index contributed by atoms with van der Waals surface area (Å²) >= 11 is 0. The molecule has 0 aliphatic carbocycles. The molecule has 8 heteroatoms. The highest BCUT2D eigenvalue weighted by Gasteiger charge is 2.24. The molecule has 0 bridgehead atoms. The second-order valence-corrected chi connectivity index (χ2v) is 7.47. The molecule has 1 aliphatic rings. The number of piperidine rings is 1. The van der Waals surface area contributed by atoms with E-state index in [1.54, 1.807) is 17.6 Å². The summed E-state index contributed by atoms with van der Waals surface area (Å²) in [4.78, 5) is 4.17. The van der Waals surface area contributed by atoms with Crippen LogP contribution in [0.5, 0.6) is 0 Å². The summed E-state index contributed by atoms with van der Waals surface area (Å²) in [5.74, 6) is 2.03. The van der Waals surface area contributed by atoms with E-state index in [1.807, 2.05) is 12.1 Å². The number of hydrogen-bond donors (Lipinski definition) is 2. The van der Waals surface area contributed by atoms with E-state index in [9.17, 15) is 8.42 Å². The van der Waals surface area contributed by atoms with Crippen molar-refractivity contribution in [3.63, 3.8) is 0 Å². The molecule has 1 fully saturated rings. The van der Waals surface area contributed by atoms with Gasteiger partial charge in [0.05, 0.1) is 19.1 Å². The molecule has 0 saturated carbocycles. The molecule has 2 heterocycles. The van der Waals surface area contributed by atoms with Crippen LogP contribution in [0.4, 0.5) is 0 Å². The van der Waals surface area contributed by atoms with Crippen LogP contribution in [0.2, 0.25) is 0 Å². The van der Waals surface area contributed by atoms with Gasteiger partial charge < -0.3 is 15.1 Å². The van der Waals surface area contributed by atoms with Crippen LogP contribution >= 0.6 is 0 Å². The van der Waals surface area contributed by atoms with E-state index in [2.05, 4.69) is 15.6 Å². The molecule has 1 saturated heterocycles. The van der Waals surface area contributed by atoms with Crippen molar-refractivity contribution in [1.29, 1.82) is 0 Å². The summed E-state index contributed by atoms with van der Waals surface area (Å²) in [6.07, 6.45) is 4.65. The number of guanidine groups is 1. The third-order valence-corrected chi connectivity index (χ3v) is 5.14. The number of hydrogen-bond acceptors (Lipinski definition) is 4. The minimum Gasteiger partial charge on any atom is -0.467 e. The molecule has 0 amide bonds. The lowest BCUT2D eigenvalue weighted by molar-refractivity contribution is 0.274. The molecule has 0 aromatic carbocycles. The Kier molecular flexibility index (Phi) is 5.84. The van der Waals surface area contributed by atoms with Gasteiger partial charge in [-0.3, -0.25) is 4.99 Å². The first-order valence-corrected chi connectivity index (χ1v) is 9.26. The lowest BCUT2D eigenvalue weighted by Gasteiger charge is -2.30. The van der Waals surface area contributed by atoms with Crippen LogP contribution in [0.3, 0.4) is 0 Å². The van der Waals surface area contributed by atoms with Crippen LogP contribution in [0.15, 0.2) is 27.8 Å². The van der Waals surface area contributed by atoms with Gasteiger partial charge in [0.25, 0.3) is 0 Å². The fraction of sp³-hybridized carbons (Fsp3) is 0.643. The fourth-order valence-corrected chi connectivity index (χ4v) is 3.36. The van der Waals surface area contributed by atoms with E-state index in [-0.39, 0.29) is 0 Å². The van der Waals surface area contributed by atoms with E-state index in [1.165, 1.54) is 6.26 Å². The van der Waals surface area contributed by atoms with Crippen LogP contribution in [0, 0.1) is 5.92 Å². The van der Waals surface area contributed by atoms with Gasteiger partial charge in [-0.05, 0) is 30.9 Å². The standard InChI is InChI=1S/C14H24N4O3S/c1-15-14(17-11-13-4-3-9-21-13)16-10-12-5-7-18(8-6-12)22(2,19)20/h3-4,9,12H,5-8,10-11H2,1-2H3,(H2,15,16,17). The molecule has 2 rings (SSSR count). The maximum absolute atomic E-state index is 11.5. The molecule has 22 heavy (non-hydrogen) atoms. The third-order valence-electron chi connectivity index (χ3n) is 3.83. The predicted octanol–water partition coefficient (Wildman–Crippen LogP) is 0.616. The van der Waals surface area contributed by atoms with Gasteiger partial charge in [0.15, 0.2) is 5.96 Å². The molecule has 2 N–H and O–H groups in total. The van der Waals surface area contributed by atoms with Crippen LogP contribution in [0.1, 0.15) is 18.6 Å². The van der Waals surface area contributed by atoms with Crippen molar-refractivity contribution in [2.24, 2.45) is 10.9 Å². The lowest BCUT2D eigenvalue weighted by Crippen LogP contribution is -2.43. The molecule has 7 nitrogen and oxygen atoms in total. The SMILES string of the molecule is CN=C(NCc1ccco1)NCC1CCN(S(C)(=O)=O)CC1. The second-order valence-electron chi connectivity index (χ2n) is 5.49. The van der Waals surface area contributed by atoms with Crippen LogP contribution in [-0.4, -0.2) is 51.6 Å². The van der Waals surface area contributed by atoms with Crippen molar-refractivity contribution >= 4 is 16.0 Å². The van der Waals surface area contributed by atoms with E-state index < -0.39 is 10.0 Å². The van der Waals surface area contributed by atoms with Gasteiger partial charge in [-0.15, -0.1) is 0 Å². The average Bonchev–Trinajstić information content (AvgIpc) is 3.00. The van der Waals surface area contributed by atoms with Crippen molar-refractivity contribution < 1.29 is 12.8 Å². The van der Waals surface area contributed by atoms with Crippen LogP contribution < -0.4 is 10.6 Å². The Labute approximate surface area is 131 Å². The van der Waals surface area contributed by atoms with Crippen molar-refractivity contribution in [2.45, 2.75) is 19.4 Å². The van der Waals surface area contributed by atoms with E-state index >= 15 is 0 Å². The molecule has 0 spiro atoms. The van der Waals surface area contributed by atoms with Crippen LogP contribution in [0.25, 0.3) is 0 Å². The molecule has 0 atom stereocenters. The number of aliphatic imine (C=N–C) groups is 1. The van der Waals surface area contributed by atoms with Gasteiger partial charge in [0.2, 0.25) is 10.0 Å². The molecule has 1 aromatic rings. The summed E-state index contributed by atoms with van der Waals surface area (Å²) in [5, 5.41) is 6.47. The highest BCUT2D eigenvalue weighted by atomic mass is 32.2. The van der Waals surface area contributed by atoms with E-state index in [0.717, 1.165) is 31.1 Å². The molecule has 0 unspecified atom stereocenters. The maximum atomic E-state index is 11.5. The molecule has 1 aromatic heterocycles. The molecular weight excluding hydrogens is 304 g/mol. The van der Waals surface area contributed by atoms with Crippen molar-refractivity contribution in [1.82, 2.24) is 14.9 Å². The summed E-state index contributed by atoms with van der Waals surface area (Å²) < 4.78 is 29.8. The Morgan fingerprint density at radius 3 is 2.68 bits per heavy atom. The van der Waals surface area contributed by atoms with Gasteiger partial charge >= 0.3 is 0 Å². The molecular formula is C14H24N4O3S. The highest BCUT2D eigenvalue weighted by molar-refractivity contribution is 7.88. The second kappa shape index (κ2) is 7.64. The number of nitrogens with zero attached hydrogens (tertiary/aromatic N) is 2. The highest BCUT2D eigenvalue weighted by Crippen LogP contribution is 2.18. The number of nitrogens with one attached hydrogen (secondary N) is 2. The van der Waals surface area contributed by atoms with Gasteiger partial charge in [0.1, 0.15) is 5.76 Å². The van der Waals surface area contributed by atoms with Gasteiger partial charge in [-0.1, -0.05) is 0 Å². The summed E-state index contributed by atoms with van der Waals surface area (Å²) in [7, 11) is -1.33. The van der Waals surface area contributed by atoms with Crippen molar-refractivity contribution in [2.75, 3.05) is 32.9 Å². The fourth-order valence-electron chi connectivity index (χ4n) is 2.49. The zero-order valence-electron chi connectivity index (χ0n) is 13.1. The van der Waals surface area contributed by atoms with Gasteiger partial charge in [0, 0.05) is 26.7 Å². The first-order valence-electron chi connectivity index (χ1n) is 7.41. The lowest BCUT2D eigenvalue weighted by atomic mass is 9.98. The Hall–Kier alpha value is -1.54. The Morgan fingerprint density at radius 1 is 1.41 bits per heavy atom. The number of rotatable bonds is 5. The molecule has 1 aliphatic heterocycles. The zero-order valence-corrected chi connectivity index (χ0v) is 13.9. The minimum atomic E-state index is -3.05. The first-order chi connectivity index (χ1) is 10.5. The van der Waals surface area contributed by atoms with Crippen molar-refractivity contribution in [3.05, 3.63) is 24.2 Å². The normalized spacial score (nSPS) is 18.4. The average molecular weight is 328 g/mol. The Balaban J connectivity index is 1.71. The largest absolute Gasteiger partial charge is 0.467 e. The zero-order chi connectivity index (χ0) is 16.0. The van der Waals surface area contributed by atoms with E-state index in [4.69, 9.17) is 4.42 Å². The molecule has 124 valence electrons. The van der Waals surface area contributed by atoms with Crippen molar-refractivity contribution in [3.8, 4) is 0 Å². The minimum absolute atomic E-state index is 0.458. The smallest absolute Gasteiger partial charge is 0.211 e. The first kappa shape index (κ1) is 16.8. The monoisotopic (exact) mass is 328 g/mol. The molecule has 0 radical (unpaired) electrons. The topological polar surface area (TPSA) is 86.9 Å². The number of sulfonamides is 1. The number of furan rings is 1. The Bertz CT molecular complexity index is 575. The van der Waals surface area contributed by atoms with Gasteiger partial charge in [-0.25, -0.2) is 12.7 Å². The van der Waals surface area contributed by atoms with Gasteiger partial charge in [-0.2, -0.15) is 0 Å². The quantitative estimate of drug-likeness (QED) is 0.611.